The molecule has 0 amide bonds. The Morgan fingerprint density at radius 1 is 0.923 bits per heavy atom. The molecule has 0 atom stereocenters. The topological polar surface area (TPSA) is 0 Å². The van der Waals surface area contributed by atoms with Gasteiger partial charge in [-0.05, 0) is 23.3 Å². The van der Waals surface area contributed by atoms with Crippen LogP contribution in [0.1, 0.15) is 48.5 Å². The number of allylic oxidation sites excluding steroid dienone is 3. The molecule has 0 N–H and O–H groups in total. The van der Waals surface area contributed by atoms with E-state index in [0.29, 0.717) is 0 Å². The summed E-state index contributed by atoms with van der Waals surface area (Å²) < 4.78 is 0. The Kier molecular flexibility index (Phi) is 3.54. The van der Waals surface area contributed by atoms with Gasteiger partial charge >= 0.3 is 0 Å². The fraction of sp³-hybridized carbons (Fsp3) is 0.692. The van der Waals surface area contributed by atoms with E-state index in [9.17, 15) is 0 Å². The van der Waals surface area contributed by atoms with E-state index in [1.807, 2.05) is 0 Å². The van der Waals surface area contributed by atoms with Gasteiger partial charge in [-0.15, -0.1) is 0 Å². The van der Waals surface area contributed by atoms with Crippen LogP contribution in [0.4, 0.5) is 0 Å². The van der Waals surface area contributed by atoms with Gasteiger partial charge in [-0.2, -0.15) is 0 Å². The van der Waals surface area contributed by atoms with Crippen molar-refractivity contribution in [3.05, 3.63) is 23.8 Å². The normalized spacial score (nSPS) is 14.5. The Balaban J connectivity index is 4.70. The molecular weight excluding hydrogens is 156 g/mol. The zero-order valence-corrected chi connectivity index (χ0v) is 10.2. The summed E-state index contributed by atoms with van der Waals surface area (Å²) in [6, 6.07) is 0. The lowest BCUT2D eigenvalue weighted by Crippen LogP contribution is -2.11. The highest BCUT2D eigenvalue weighted by atomic mass is 14.2. The minimum Gasteiger partial charge on any atom is -0.0677 e. The van der Waals surface area contributed by atoms with Crippen LogP contribution in [-0.4, -0.2) is 0 Å². The van der Waals surface area contributed by atoms with Crippen LogP contribution >= 0.6 is 0 Å². The Bertz CT molecular complexity index is 215. The Morgan fingerprint density at radius 3 is 1.54 bits per heavy atom. The molecule has 0 saturated heterocycles. The molecule has 1 radical (unpaired) electrons. The number of hydrogen-bond donors (Lipinski definition) is 0. The summed E-state index contributed by atoms with van der Waals surface area (Å²) in [4.78, 5) is 0. The summed E-state index contributed by atoms with van der Waals surface area (Å²) in [5.74, 6) is 0. The van der Waals surface area contributed by atoms with E-state index in [1.165, 1.54) is 5.57 Å². The molecule has 0 saturated carbocycles. The van der Waals surface area contributed by atoms with Gasteiger partial charge in [0.2, 0.25) is 0 Å². The summed E-state index contributed by atoms with van der Waals surface area (Å²) >= 11 is 0. The van der Waals surface area contributed by atoms with E-state index < -0.39 is 0 Å². The monoisotopic (exact) mass is 179 g/mol. The van der Waals surface area contributed by atoms with Crippen molar-refractivity contribution in [3.8, 4) is 0 Å². The Hall–Kier alpha value is -0.520. The van der Waals surface area contributed by atoms with Crippen molar-refractivity contribution >= 4 is 0 Å². The molecule has 0 rings (SSSR count). The molecule has 0 aliphatic heterocycles. The first-order valence-corrected chi connectivity index (χ1v) is 4.87. The predicted octanol–water partition coefficient (Wildman–Crippen LogP) is 4.38. The van der Waals surface area contributed by atoms with Crippen molar-refractivity contribution in [1.82, 2.24) is 0 Å². The van der Waals surface area contributed by atoms with Crippen molar-refractivity contribution < 1.29 is 0 Å². The Labute approximate surface area is 83.7 Å². The van der Waals surface area contributed by atoms with E-state index >= 15 is 0 Å². The maximum Gasteiger partial charge on any atom is -0.0132 e. The van der Waals surface area contributed by atoms with Gasteiger partial charge in [0.1, 0.15) is 0 Å². The number of hydrogen-bond acceptors (Lipinski definition) is 0. The minimum atomic E-state index is 0.0759. The van der Waals surface area contributed by atoms with Crippen molar-refractivity contribution in [2.24, 2.45) is 10.8 Å². The Morgan fingerprint density at radius 2 is 1.31 bits per heavy atom. The molecule has 0 aromatic heterocycles. The minimum absolute atomic E-state index is 0.0759. The van der Waals surface area contributed by atoms with E-state index in [-0.39, 0.29) is 10.8 Å². The van der Waals surface area contributed by atoms with Gasteiger partial charge in [0.15, 0.2) is 0 Å². The average Bonchev–Trinajstić information content (AvgIpc) is 1.82. The standard InChI is InChI=1S/C13H23/c1-10(12(3,4)5)9-11(2)13(6,7)8/h1,9H,2-8H3. The number of rotatable bonds is 1. The average molecular weight is 179 g/mol. The van der Waals surface area contributed by atoms with Gasteiger partial charge < -0.3 is 0 Å². The van der Waals surface area contributed by atoms with E-state index in [2.05, 4.69) is 54.5 Å². The summed E-state index contributed by atoms with van der Waals surface area (Å²) in [6.45, 7) is 21.1. The molecule has 0 fully saturated rings. The maximum absolute atomic E-state index is 5.99. The smallest absolute Gasteiger partial charge is 0.0132 e. The van der Waals surface area contributed by atoms with Gasteiger partial charge in [-0.25, -0.2) is 0 Å². The molecule has 0 heterocycles. The van der Waals surface area contributed by atoms with Crippen LogP contribution < -0.4 is 0 Å². The van der Waals surface area contributed by atoms with Crippen molar-refractivity contribution in [1.29, 1.82) is 0 Å². The van der Waals surface area contributed by atoms with Crippen LogP contribution in [0.5, 0.6) is 0 Å². The van der Waals surface area contributed by atoms with Crippen molar-refractivity contribution in [3.63, 3.8) is 0 Å². The van der Waals surface area contributed by atoms with Gasteiger partial charge in [-0.3, -0.25) is 0 Å². The lowest BCUT2D eigenvalue weighted by Gasteiger charge is -2.24. The third-order valence-corrected chi connectivity index (χ3v) is 2.42. The van der Waals surface area contributed by atoms with Gasteiger partial charge in [-0.1, -0.05) is 59.8 Å². The van der Waals surface area contributed by atoms with E-state index in [0.717, 1.165) is 5.57 Å². The first-order chi connectivity index (χ1) is 5.55. The molecular formula is C13H23. The highest BCUT2D eigenvalue weighted by molar-refractivity contribution is 5.25. The largest absolute Gasteiger partial charge is 0.0677 e. The van der Waals surface area contributed by atoms with E-state index in [4.69, 9.17) is 6.58 Å². The molecule has 0 aliphatic rings. The van der Waals surface area contributed by atoms with Crippen LogP contribution in [0.2, 0.25) is 0 Å². The molecule has 75 valence electrons. The summed E-state index contributed by atoms with van der Waals surface area (Å²) in [5, 5.41) is 0. The molecule has 0 aromatic rings. The zero-order valence-electron chi connectivity index (χ0n) is 10.2. The summed E-state index contributed by atoms with van der Waals surface area (Å²) in [6.07, 6.45) is 2.11. The second-order valence-corrected chi connectivity index (χ2v) is 5.78. The van der Waals surface area contributed by atoms with Gasteiger partial charge in [0.25, 0.3) is 0 Å². The molecule has 0 spiro atoms. The van der Waals surface area contributed by atoms with Gasteiger partial charge in [0.05, 0.1) is 0 Å². The second-order valence-electron chi connectivity index (χ2n) is 5.78. The van der Waals surface area contributed by atoms with Crippen molar-refractivity contribution in [2.75, 3.05) is 0 Å². The SMILES string of the molecule is [CH]=C(C=C(C)C(C)(C)C)C(C)(C)C. The van der Waals surface area contributed by atoms with Crippen LogP contribution in [-0.2, 0) is 0 Å². The quantitative estimate of drug-likeness (QED) is 0.524. The van der Waals surface area contributed by atoms with Crippen molar-refractivity contribution in [2.45, 2.75) is 48.5 Å². The highest BCUT2D eigenvalue weighted by Gasteiger charge is 2.17. The fourth-order valence-electron chi connectivity index (χ4n) is 0.666. The zero-order chi connectivity index (χ0) is 10.9. The third kappa shape index (κ3) is 4.31. The second kappa shape index (κ2) is 3.69. The third-order valence-electron chi connectivity index (χ3n) is 2.42. The molecule has 0 unspecified atom stereocenters. The van der Waals surface area contributed by atoms with Gasteiger partial charge in [0, 0.05) is 0 Å². The van der Waals surface area contributed by atoms with Crippen LogP contribution in [0.25, 0.3) is 0 Å². The molecule has 13 heavy (non-hydrogen) atoms. The molecule has 0 bridgehead atoms. The molecule has 0 nitrogen and oxygen atoms in total. The van der Waals surface area contributed by atoms with Crippen LogP contribution in [0.15, 0.2) is 17.2 Å². The van der Waals surface area contributed by atoms with Crippen LogP contribution in [0, 0.1) is 17.4 Å². The maximum atomic E-state index is 5.99. The molecule has 0 heteroatoms. The fourth-order valence-corrected chi connectivity index (χ4v) is 0.666. The first kappa shape index (κ1) is 12.5. The first-order valence-electron chi connectivity index (χ1n) is 4.87. The van der Waals surface area contributed by atoms with E-state index in [1.54, 1.807) is 0 Å². The molecule has 0 aliphatic carbocycles. The lowest BCUT2D eigenvalue weighted by atomic mass is 9.81. The molecule has 0 aromatic carbocycles. The lowest BCUT2D eigenvalue weighted by molar-refractivity contribution is 0.490. The van der Waals surface area contributed by atoms with Crippen LogP contribution in [0.3, 0.4) is 0 Å². The highest BCUT2D eigenvalue weighted by Crippen LogP contribution is 2.30. The summed E-state index contributed by atoms with van der Waals surface area (Å²) in [5.41, 5.74) is 2.59. The predicted molar refractivity (Wildman–Crippen MR) is 60.5 cm³/mol. The summed E-state index contributed by atoms with van der Waals surface area (Å²) in [7, 11) is 0.